The second-order valence-corrected chi connectivity index (χ2v) is 5.70. The SMILES string of the molecule is CCn1c(SCc2c(F)cccc2F)nnc1-c1ccccn1. The van der Waals surface area contributed by atoms with Crippen LogP contribution in [0.2, 0.25) is 0 Å². The Morgan fingerprint density at radius 1 is 1.04 bits per heavy atom. The summed E-state index contributed by atoms with van der Waals surface area (Å²) in [5.74, 6) is -0.307. The van der Waals surface area contributed by atoms with Gasteiger partial charge in [-0.3, -0.25) is 4.98 Å². The van der Waals surface area contributed by atoms with E-state index >= 15 is 0 Å². The summed E-state index contributed by atoms with van der Waals surface area (Å²) in [6, 6.07) is 9.41. The van der Waals surface area contributed by atoms with Crippen molar-refractivity contribution in [3.05, 3.63) is 59.8 Å². The third kappa shape index (κ3) is 3.24. The molecular formula is C16H14F2N4S. The van der Waals surface area contributed by atoms with Gasteiger partial charge in [-0.15, -0.1) is 10.2 Å². The average molecular weight is 332 g/mol. The number of thioether (sulfide) groups is 1. The lowest BCUT2D eigenvalue weighted by atomic mass is 10.2. The molecule has 0 amide bonds. The van der Waals surface area contributed by atoms with Crippen molar-refractivity contribution in [3.63, 3.8) is 0 Å². The number of hydrogen-bond donors (Lipinski definition) is 0. The van der Waals surface area contributed by atoms with Crippen molar-refractivity contribution < 1.29 is 8.78 Å². The summed E-state index contributed by atoms with van der Waals surface area (Å²) in [5.41, 5.74) is 0.758. The second-order valence-electron chi connectivity index (χ2n) is 4.75. The van der Waals surface area contributed by atoms with Gasteiger partial charge in [0, 0.05) is 24.1 Å². The molecule has 0 aliphatic carbocycles. The monoisotopic (exact) mass is 332 g/mol. The number of nitrogens with zero attached hydrogens (tertiary/aromatic N) is 4. The Kier molecular flexibility index (Phi) is 4.66. The van der Waals surface area contributed by atoms with Crippen LogP contribution in [0, 0.1) is 11.6 Å². The first-order valence-corrected chi connectivity index (χ1v) is 8.09. The first kappa shape index (κ1) is 15.6. The number of rotatable bonds is 5. The fourth-order valence-electron chi connectivity index (χ4n) is 2.17. The van der Waals surface area contributed by atoms with E-state index in [9.17, 15) is 8.78 Å². The van der Waals surface area contributed by atoms with Gasteiger partial charge in [-0.25, -0.2) is 8.78 Å². The molecule has 0 aliphatic heterocycles. The lowest BCUT2D eigenvalue weighted by Crippen LogP contribution is -2.01. The highest BCUT2D eigenvalue weighted by Crippen LogP contribution is 2.27. The van der Waals surface area contributed by atoms with Crippen molar-refractivity contribution in [2.24, 2.45) is 0 Å². The fourth-order valence-corrected chi connectivity index (χ4v) is 3.19. The first-order valence-electron chi connectivity index (χ1n) is 7.11. The Morgan fingerprint density at radius 3 is 2.48 bits per heavy atom. The van der Waals surface area contributed by atoms with E-state index in [0.29, 0.717) is 23.2 Å². The van der Waals surface area contributed by atoms with Crippen LogP contribution in [-0.4, -0.2) is 19.7 Å². The summed E-state index contributed by atoms with van der Waals surface area (Å²) in [7, 11) is 0. The first-order chi connectivity index (χ1) is 11.2. The lowest BCUT2D eigenvalue weighted by Gasteiger charge is -2.07. The van der Waals surface area contributed by atoms with Gasteiger partial charge in [-0.1, -0.05) is 23.9 Å². The fraction of sp³-hybridized carbons (Fsp3) is 0.188. The zero-order valence-corrected chi connectivity index (χ0v) is 13.2. The molecule has 0 radical (unpaired) electrons. The molecule has 0 spiro atoms. The third-order valence-corrected chi connectivity index (χ3v) is 4.33. The lowest BCUT2D eigenvalue weighted by molar-refractivity contribution is 0.566. The molecule has 0 N–H and O–H groups in total. The number of hydrogen-bond acceptors (Lipinski definition) is 4. The Labute approximate surface area is 136 Å². The van der Waals surface area contributed by atoms with E-state index in [1.54, 1.807) is 6.20 Å². The maximum absolute atomic E-state index is 13.7. The molecule has 3 rings (SSSR count). The quantitative estimate of drug-likeness (QED) is 0.664. The van der Waals surface area contributed by atoms with Crippen LogP contribution in [0.25, 0.3) is 11.5 Å². The van der Waals surface area contributed by atoms with Crippen LogP contribution in [0.1, 0.15) is 12.5 Å². The number of halogens is 2. The van der Waals surface area contributed by atoms with Crippen LogP contribution in [0.5, 0.6) is 0 Å². The molecule has 1 aromatic carbocycles. The average Bonchev–Trinajstić information content (AvgIpc) is 2.98. The smallest absolute Gasteiger partial charge is 0.191 e. The van der Waals surface area contributed by atoms with E-state index in [-0.39, 0.29) is 11.3 Å². The molecule has 0 bridgehead atoms. The Morgan fingerprint density at radius 2 is 1.83 bits per heavy atom. The normalized spacial score (nSPS) is 10.9. The van der Waals surface area contributed by atoms with Crippen LogP contribution in [-0.2, 0) is 12.3 Å². The zero-order chi connectivity index (χ0) is 16.2. The van der Waals surface area contributed by atoms with E-state index in [2.05, 4.69) is 15.2 Å². The summed E-state index contributed by atoms with van der Waals surface area (Å²) in [5, 5.41) is 8.89. The second kappa shape index (κ2) is 6.87. The summed E-state index contributed by atoms with van der Waals surface area (Å²) in [4.78, 5) is 4.26. The van der Waals surface area contributed by atoms with E-state index in [1.807, 2.05) is 29.7 Å². The largest absolute Gasteiger partial charge is 0.301 e. The van der Waals surface area contributed by atoms with Gasteiger partial charge in [-0.05, 0) is 31.2 Å². The molecule has 3 aromatic rings. The summed E-state index contributed by atoms with van der Waals surface area (Å²) in [6.07, 6.45) is 1.69. The van der Waals surface area contributed by atoms with E-state index in [1.165, 1.54) is 30.0 Å². The van der Waals surface area contributed by atoms with Gasteiger partial charge < -0.3 is 4.57 Å². The Hall–Kier alpha value is -2.28. The molecule has 7 heteroatoms. The van der Waals surface area contributed by atoms with Gasteiger partial charge in [0.05, 0.1) is 0 Å². The number of pyridine rings is 1. The van der Waals surface area contributed by atoms with Gasteiger partial charge in [0.15, 0.2) is 11.0 Å². The van der Waals surface area contributed by atoms with E-state index in [4.69, 9.17) is 0 Å². The van der Waals surface area contributed by atoms with E-state index < -0.39 is 11.6 Å². The molecule has 0 saturated carbocycles. The van der Waals surface area contributed by atoms with Crippen LogP contribution in [0.15, 0.2) is 47.8 Å². The highest BCUT2D eigenvalue weighted by Gasteiger charge is 2.16. The molecular weight excluding hydrogens is 318 g/mol. The minimum Gasteiger partial charge on any atom is -0.301 e. The van der Waals surface area contributed by atoms with Gasteiger partial charge in [0.25, 0.3) is 0 Å². The minimum absolute atomic E-state index is 0.0440. The van der Waals surface area contributed by atoms with Gasteiger partial charge in [-0.2, -0.15) is 0 Å². The standard InChI is InChI=1S/C16H14F2N4S/c1-2-22-15(14-8-3-4-9-19-14)20-21-16(22)23-10-11-12(17)6-5-7-13(11)18/h3-9H,2,10H2,1H3. The minimum atomic E-state index is -0.551. The molecule has 0 aliphatic rings. The van der Waals surface area contributed by atoms with Gasteiger partial charge >= 0.3 is 0 Å². The van der Waals surface area contributed by atoms with Crippen LogP contribution in [0.3, 0.4) is 0 Å². The van der Waals surface area contributed by atoms with Crippen molar-refractivity contribution in [2.75, 3.05) is 0 Å². The molecule has 0 saturated heterocycles. The molecule has 0 atom stereocenters. The predicted octanol–water partition coefficient (Wildman–Crippen LogP) is 3.93. The molecule has 2 aromatic heterocycles. The highest BCUT2D eigenvalue weighted by molar-refractivity contribution is 7.98. The zero-order valence-electron chi connectivity index (χ0n) is 12.4. The van der Waals surface area contributed by atoms with Crippen molar-refractivity contribution in [2.45, 2.75) is 24.4 Å². The van der Waals surface area contributed by atoms with Crippen LogP contribution in [0.4, 0.5) is 8.78 Å². The van der Waals surface area contributed by atoms with Crippen LogP contribution < -0.4 is 0 Å². The third-order valence-electron chi connectivity index (χ3n) is 3.33. The maximum Gasteiger partial charge on any atom is 0.191 e. The molecule has 4 nitrogen and oxygen atoms in total. The van der Waals surface area contributed by atoms with Gasteiger partial charge in [0.1, 0.15) is 17.3 Å². The molecule has 0 fully saturated rings. The topological polar surface area (TPSA) is 43.6 Å². The number of aromatic nitrogens is 4. The van der Waals surface area contributed by atoms with Crippen molar-refractivity contribution >= 4 is 11.8 Å². The Bertz CT molecular complexity index is 785. The Balaban J connectivity index is 1.86. The summed E-state index contributed by atoms with van der Waals surface area (Å²) in [6.45, 7) is 2.60. The van der Waals surface area contributed by atoms with Crippen molar-refractivity contribution in [1.82, 2.24) is 19.7 Å². The van der Waals surface area contributed by atoms with Crippen molar-refractivity contribution in [1.29, 1.82) is 0 Å². The summed E-state index contributed by atoms with van der Waals surface area (Å²) < 4.78 is 29.3. The maximum atomic E-state index is 13.7. The molecule has 2 heterocycles. The molecule has 0 unspecified atom stereocenters. The summed E-state index contributed by atoms with van der Waals surface area (Å²) >= 11 is 1.25. The highest BCUT2D eigenvalue weighted by atomic mass is 32.2. The van der Waals surface area contributed by atoms with Gasteiger partial charge in [0.2, 0.25) is 0 Å². The predicted molar refractivity (Wildman–Crippen MR) is 84.8 cm³/mol. The van der Waals surface area contributed by atoms with E-state index in [0.717, 1.165) is 0 Å². The molecule has 23 heavy (non-hydrogen) atoms. The van der Waals surface area contributed by atoms with Crippen LogP contribution >= 0.6 is 11.8 Å². The number of benzene rings is 1. The molecule has 118 valence electrons. The van der Waals surface area contributed by atoms with Crippen molar-refractivity contribution in [3.8, 4) is 11.5 Å².